The molecule has 0 saturated carbocycles. The minimum atomic E-state index is -1.65. The first-order valence-corrected chi connectivity index (χ1v) is 22.6. The lowest BCUT2D eigenvalue weighted by Crippen LogP contribution is -2.20. The largest absolute Gasteiger partial charge is 0.463 e. The van der Waals surface area contributed by atoms with E-state index in [0.717, 1.165) is 27.7 Å². The molecule has 0 bridgehead atoms. The molecule has 3 rings (SSSR count). The van der Waals surface area contributed by atoms with Gasteiger partial charge in [-0.25, -0.2) is 0 Å². The molecule has 0 amide bonds. The highest BCUT2D eigenvalue weighted by Crippen LogP contribution is 2.57. The van der Waals surface area contributed by atoms with Gasteiger partial charge in [0.2, 0.25) is 0 Å². The third kappa shape index (κ3) is 14.5. The molecule has 0 N–H and O–H groups in total. The van der Waals surface area contributed by atoms with Crippen LogP contribution < -0.4 is 9.05 Å². The molecule has 0 aliphatic carbocycles. The van der Waals surface area contributed by atoms with E-state index in [2.05, 4.69) is 114 Å². The van der Waals surface area contributed by atoms with Gasteiger partial charge in [-0.2, -0.15) is 0 Å². The van der Waals surface area contributed by atoms with Crippen LogP contribution in [0.25, 0.3) is 0 Å². The Hall–Kier alpha value is -1.22. The van der Waals surface area contributed by atoms with Crippen LogP contribution in [0, 0.1) is 0 Å². The van der Waals surface area contributed by atoms with Crippen LogP contribution in [0.15, 0.2) is 34.1 Å². The molecule has 0 spiro atoms. The maximum atomic E-state index is 6.91. The van der Waals surface area contributed by atoms with Crippen LogP contribution in [-0.2, 0) is 26.2 Å². The summed E-state index contributed by atoms with van der Waals surface area (Å²) in [6, 6.07) is 9.43. The van der Waals surface area contributed by atoms with E-state index in [-0.39, 0.29) is 21.7 Å². The Morgan fingerprint density at radius 2 is 0.804 bits per heavy atom. The van der Waals surface area contributed by atoms with Crippen molar-refractivity contribution in [1.82, 2.24) is 0 Å². The molecule has 290 valence electrons. The normalized spacial score (nSPS) is 14.4. The average molecular weight is 741 g/mol. The van der Waals surface area contributed by atoms with Gasteiger partial charge in [-0.15, -0.1) is 0 Å². The maximum absolute atomic E-state index is 6.91. The van der Waals surface area contributed by atoms with Crippen molar-refractivity contribution < 1.29 is 13.6 Å². The maximum Gasteiger partial charge on any atom is 0.463 e. The van der Waals surface area contributed by atoms with Gasteiger partial charge < -0.3 is 9.05 Å². The predicted octanol–water partition coefficient (Wildman–Crippen LogP) is 16.3. The molecule has 0 fully saturated rings. The lowest BCUT2D eigenvalue weighted by atomic mass is 9.80. The second-order valence-electron chi connectivity index (χ2n) is 19.3. The summed E-state index contributed by atoms with van der Waals surface area (Å²) in [6.45, 7) is 30.5. The van der Waals surface area contributed by atoms with Crippen LogP contribution in [0.4, 0.5) is 0 Å². The van der Waals surface area contributed by atoms with E-state index < -0.39 is 8.60 Å². The molecular formula is C46H77O3PS. The van der Waals surface area contributed by atoms with Crippen molar-refractivity contribution in [2.75, 3.05) is 6.61 Å². The van der Waals surface area contributed by atoms with Gasteiger partial charge >= 0.3 is 8.60 Å². The van der Waals surface area contributed by atoms with Gasteiger partial charge in [0.1, 0.15) is 11.5 Å². The molecule has 1 aliphatic heterocycles. The summed E-state index contributed by atoms with van der Waals surface area (Å²) >= 11 is 1.80. The van der Waals surface area contributed by atoms with Crippen molar-refractivity contribution in [3.05, 3.63) is 46.5 Å². The first kappa shape index (κ1) is 44.2. The van der Waals surface area contributed by atoms with Gasteiger partial charge in [0.05, 0.1) is 16.4 Å². The van der Waals surface area contributed by atoms with E-state index in [1.54, 1.807) is 11.8 Å². The van der Waals surface area contributed by atoms with Crippen LogP contribution in [0.3, 0.4) is 0 Å². The van der Waals surface area contributed by atoms with Gasteiger partial charge in [0.15, 0.2) is 0 Å². The number of hydrogen-bond acceptors (Lipinski definition) is 4. The Bertz CT molecular complexity index is 1260. The molecule has 3 nitrogen and oxygen atoms in total. The van der Waals surface area contributed by atoms with Crippen LogP contribution in [0.2, 0.25) is 0 Å². The number of hydrogen-bond donors (Lipinski definition) is 0. The zero-order valence-corrected chi connectivity index (χ0v) is 37.1. The zero-order chi connectivity index (χ0) is 37.9. The SMILES string of the molecule is CCCCCCCCCCCCCCCCCCOP1Oc2c(cc(C(C)(C)C)cc2C(C)(C)C)Sc2cc(C(C)(C)C)cc(C(C)(C)C)c2O1. The molecule has 5 heteroatoms. The van der Waals surface area contributed by atoms with E-state index in [1.807, 2.05) is 0 Å². The molecule has 2 aromatic carbocycles. The zero-order valence-electron chi connectivity index (χ0n) is 35.4. The average Bonchev–Trinajstić information content (AvgIpc) is 3.00. The first-order valence-electron chi connectivity index (χ1n) is 20.7. The summed E-state index contributed by atoms with van der Waals surface area (Å²) in [7, 11) is -1.65. The summed E-state index contributed by atoms with van der Waals surface area (Å²) in [4.78, 5) is 2.31. The summed E-state index contributed by atoms with van der Waals surface area (Å²) in [6.07, 6.45) is 21.8. The topological polar surface area (TPSA) is 27.7 Å². The fraction of sp³-hybridized carbons (Fsp3) is 0.739. The van der Waals surface area contributed by atoms with Gasteiger partial charge in [-0.3, -0.25) is 4.52 Å². The van der Waals surface area contributed by atoms with Crippen molar-refractivity contribution in [3.8, 4) is 11.5 Å². The molecule has 51 heavy (non-hydrogen) atoms. The summed E-state index contributed by atoms with van der Waals surface area (Å²) in [5, 5.41) is 0. The van der Waals surface area contributed by atoms with Gasteiger partial charge in [-0.1, -0.05) is 210 Å². The van der Waals surface area contributed by atoms with Crippen LogP contribution in [0.1, 0.15) is 215 Å². The van der Waals surface area contributed by atoms with E-state index in [4.69, 9.17) is 13.6 Å². The minimum Gasteiger partial charge on any atom is -0.416 e. The molecule has 0 atom stereocenters. The fourth-order valence-electron chi connectivity index (χ4n) is 6.65. The highest BCUT2D eigenvalue weighted by Gasteiger charge is 2.35. The van der Waals surface area contributed by atoms with Crippen LogP contribution in [-0.4, -0.2) is 6.61 Å². The van der Waals surface area contributed by atoms with Crippen molar-refractivity contribution in [2.24, 2.45) is 0 Å². The monoisotopic (exact) mass is 741 g/mol. The van der Waals surface area contributed by atoms with E-state index >= 15 is 0 Å². The molecule has 0 aromatic heterocycles. The molecular weight excluding hydrogens is 664 g/mol. The number of rotatable bonds is 18. The summed E-state index contributed by atoms with van der Waals surface area (Å²) < 4.78 is 20.4. The third-order valence-corrected chi connectivity index (χ3v) is 12.3. The number of benzene rings is 2. The third-order valence-electron chi connectivity index (χ3n) is 10.2. The minimum absolute atomic E-state index is 0.00951. The van der Waals surface area contributed by atoms with Crippen LogP contribution >= 0.6 is 20.4 Å². The first-order chi connectivity index (χ1) is 23.8. The van der Waals surface area contributed by atoms with Gasteiger partial charge in [-0.05, 0) is 51.3 Å². The highest BCUT2D eigenvalue weighted by atomic mass is 32.2. The van der Waals surface area contributed by atoms with Crippen molar-refractivity contribution in [3.63, 3.8) is 0 Å². The Morgan fingerprint density at radius 1 is 0.471 bits per heavy atom. The predicted molar refractivity (Wildman–Crippen MR) is 225 cm³/mol. The Balaban J connectivity index is 1.69. The molecule has 0 unspecified atom stereocenters. The van der Waals surface area contributed by atoms with E-state index in [0.29, 0.717) is 6.61 Å². The summed E-state index contributed by atoms with van der Waals surface area (Å²) in [5.74, 6) is 1.84. The van der Waals surface area contributed by atoms with Crippen LogP contribution in [0.5, 0.6) is 11.5 Å². The Kier molecular flexibility index (Phi) is 17.3. The molecule has 0 radical (unpaired) electrons. The Labute approximate surface area is 321 Å². The quantitative estimate of drug-likeness (QED) is 0.112. The molecule has 0 saturated heterocycles. The van der Waals surface area contributed by atoms with E-state index in [1.165, 1.54) is 119 Å². The lowest BCUT2D eigenvalue weighted by Gasteiger charge is -2.34. The van der Waals surface area contributed by atoms with Gasteiger partial charge in [0, 0.05) is 11.1 Å². The Morgan fingerprint density at radius 3 is 1.12 bits per heavy atom. The summed E-state index contributed by atoms with van der Waals surface area (Å²) in [5.41, 5.74) is 4.89. The fourth-order valence-corrected chi connectivity index (χ4v) is 8.99. The van der Waals surface area contributed by atoms with Crippen molar-refractivity contribution >= 4 is 20.4 Å². The van der Waals surface area contributed by atoms with E-state index in [9.17, 15) is 0 Å². The molecule has 1 aliphatic rings. The number of unbranched alkanes of at least 4 members (excludes halogenated alkanes) is 15. The highest BCUT2D eigenvalue weighted by molar-refractivity contribution is 7.99. The lowest BCUT2D eigenvalue weighted by molar-refractivity contribution is 0.252. The van der Waals surface area contributed by atoms with Crippen molar-refractivity contribution in [1.29, 1.82) is 0 Å². The molecule has 1 heterocycles. The standard InChI is InChI=1S/C46H77O3PS/c1-14-15-16-17-18-19-20-21-22-23-24-25-26-27-28-29-30-47-50-48-41-37(45(8,9)10)31-35(43(2,3)4)33-39(41)51-40-34-36(44(5,6)7)32-38(42(40)49-50)46(11,12)13/h31-34H,14-30H2,1-13H3. The van der Waals surface area contributed by atoms with Crippen molar-refractivity contribution in [2.45, 2.75) is 224 Å². The second-order valence-corrected chi connectivity index (χ2v) is 21.5. The second kappa shape index (κ2) is 19.9. The van der Waals surface area contributed by atoms with Gasteiger partial charge in [0.25, 0.3) is 0 Å². The smallest absolute Gasteiger partial charge is 0.416 e. The molecule has 2 aromatic rings. The number of fused-ring (bicyclic) bond motifs is 2.